The lowest BCUT2D eigenvalue weighted by molar-refractivity contribution is -0.133. The number of methoxy groups -OCH3 is 1. The first-order valence-corrected chi connectivity index (χ1v) is 8.69. The fraction of sp³-hybridized carbons (Fsp3) is 0.278. The third kappa shape index (κ3) is 2.91. The normalized spacial score (nSPS) is 20.5. The molecule has 2 aliphatic rings. The molecule has 0 aromatic heterocycles. The Kier molecular flexibility index (Phi) is 4.90. The van der Waals surface area contributed by atoms with E-state index in [0.717, 1.165) is 23.7 Å². The summed E-state index contributed by atoms with van der Waals surface area (Å²) >= 11 is 1.83. The molecule has 0 amide bonds. The number of hydrogen-bond acceptors (Lipinski definition) is 5. The Morgan fingerprint density at radius 1 is 1.38 bits per heavy atom. The molecule has 1 N–H and O–H groups in total. The van der Waals surface area contributed by atoms with Crippen molar-refractivity contribution in [2.45, 2.75) is 11.9 Å². The van der Waals surface area contributed by atoms with E-state index in [2.05, 4.69) is 11.0 Å². The van der Waals surface area contributed by atoms with E-state index < -0.39 is 12.1 Å². The van der Waals surface area contributed by atoms with E-state index in [9.17, 15) is 14.7 Å². The van der Waals surface area contributed by atoms with Gasteiger partial charge in [-0.3, -0.25) is 0 Å². The zero-order chi connectivity index (χ0) is 17.1. The van der Waals surface area contributed by atoms with Crippen LogP contribution in [0.15, 0.2) is 53.3 Å². The average Bonchev–Trinajstić information content (AvgIpc) is 2.82. The lowest BCUT2D eigenvalue weighted by Gasteiger charge is -2.32. The van der Waals surface area contributed by atoms with Crippen LogP contribution in [0.1, 0.15) is 5.56 Å². The minimum Gasteiger partial charge on any atom is -0.478 e. The maximum absolute atomic E-state index is 11.6. The summed E-state index contributed by atoms with van der Waals surface area (Å²) in [6, 6.07) is 8.04. The molecule has 0 radical (unpaired) electrons. The molecule has 1 unspecified atom stereocenters. The van der Waals surface area contributed by atoms with Gasteiger partial charge in [0.2, 0.25) is 0 Å². The number of thioether (sulfide) groups is 1. The van der Waals surface area contributed by atoms with Crippen molar-refractivity contribution in [1.29, 1.82) is 0 Å². The number of para-hydroxylation sites is 1. The van der Waals surface area contributed by atoms with Gasteiger partial charge in [-0.15, -0.1) is 0 Å². The van der Waals surface area contributed by atoms with Crippen molar-refractivity contribution in [3.05, 3.63) is 58.8 Å². The van der Waals surface area contributed by atoms with E-state index in [1.54, 1.807) is 6.08 Å². The third-order valence-corrected chi connectivity index (χ3v) is 5.11. The van der Waals surface area contributed by atoms with E-state index in [0.29, 0.717) is 5.70 Å². The number of allylic oxidation sites excluding steroid dienone is 2. The maximum atomic E-state index is 11.6. The Morgan fingerprint density at radius 3 is 2.88 bits per heavy atom. The van der Waals surface area contributed by atoms with Crippen molar-refractivity contribution in [1.82, 2.24) is 0 Å². The van der Waals surface area contributed by atoms with Crippen molar-refractivity contribution in [3.8, 4) is 0 Å². The molecule has 1 aromatic rings. The lowest BCUT2D eigenvalue weighted by atomic mass is 9.93. The predicted octanol–water partition coefficient (Wildman–Crippen LogP) is 2.42. The first kappa shape index (κ1) is 16.6. The second-order valence-electron chi connectivity index (χ2n) is 5.44. The number of nitrogens with zero attached hydrogens (tertiary/aromatic N) is 1. The van der Waals surface area contributed by atoms with Crippen molar-refractivity contribution in [2.75, 3.05) is 24.3 Å². The van der Waals surface area contributed by atoms with Gasteiger partial charge in [0.1, 0.15) is 12.0 Å². The van der Waals surface area contributed by atoms with E-state index >= 15 is 0 Å². The van der Waals surface area contributed by atoms with Gasteiger partial charge in [-0.1, -0.05) is 18.2 Å². The maximum Gasteiger partial charge on any atom is 0.334 e. The van der Waals surface area contributed by atoms with Gasteiger partial charge in [-0.05, 0) is 23.8 Å². The van der Waals surface area contributed by atoms with Crippen molar-refractivity contribution < 1.29 is 19.4 Å². The summed E-state index contributed by atoms with van der Waals surface area (Å²) in [6.07, 6.45) is 2.27. The Morgan fingerprint density at radius 2 is 2.17 bits per heavy atom. The minimum absolute atomic E-state index is 0.0390. The highest BCUT2D eigenvalue weighted by atomic mass is 32.2. The number of carboxylic acids is 1. The van der Waals surface area contributed by atoms with Gasteiger partial charge in [-0.2, -0.15) is 11.8 Å². The first-order chi connectivity index (χ1) is 11.7. The van der Waals surface area contributed by atoms with Crippen LogP contribution in [0.4, 0.5) is 5.69 Å². The molecular weight excluding hydrogens is 326 g/mol. The second kappa shape index (κ2) is 7.09. The number of benzene rings is 1. The number of hydrogen-bond donors (Lipinski definition) is 1. The number of carboxylic acid groups (broad SMARTS) is 1. The Labute approximate surface area is 144 Å². The van der Waals surface area contributed by atoms with E-state index in [4.69, 9.17) is 4.74 Å². The predicted molar refractivity (Wildman–Crippen MR) is 93.8 cm³/mol. The highest BCUT2D eigenvalue weighted by Crippen LogP contribution is 2.36. The fourth-order valence-electron chi connectivity index (χ4n) is 3.01. The highest BCUT2D eigenvalue weighted by Gasteiger charge is 2.33. The molecule has 6 heteroatoms. The SMILES string of the molecule is COC1C(=C=O)C(N2CCSCc3ccccc32)=CC=C1C(=O)O. The van der Waals surface area contributed by atoms with E-state index in [-0.39, 0.29) is 11.1 Å². The van der Waals surface area contributed by atoms with Gasteiger partial charge in [0.25, 0.3) is 0 Å². The van der Waals surface area contributed by atoms with Crippen LogP contribution < -0.4 is 4.90 Å². The molecule has 0 spiro atoms. The molecule has 0 saturated heterocycles. The van der Waals surface area contributed by atoms with Crippen LogP contribution in [-0.2, 0) is 20.1 Å². The number of anilines is 1. The second-order valence-corrected chi connectivity index (χ2v) is 6.55. The topological polar surface area (TPSA) is 66.8 Å². The molecule has 124 valence electrons. The third-order valence-electron chi connectivity index (χ3n) is 4.12. The van der Waals surface area contributed by atoms with Crippen LogP contribution in [0.25, 0.3) is 0 Å². The van der Waals surface area contributed by atoms with Crippen LogP contribution in [0.3, 0.4) is 0 Å². The number of carbonyl (C=O) groups excluding carboxylic acids is 1. The molecule has 1 aliphatic carbocycles. The summed E-state index contributed by atoms with van der Waals surface area (Å²) in [5.74, 6) is 2.62. The van der Waals surface area contributed by atoms with Crippen LogP contribution in [-0.4, -0.2) is 42.5 Å². The molecule has 24 heavy (non-hydrogen) atoms. The molecule has 1 heterocycles. The number of carbonyl (C=O) groups is 1. The van der Waals surface area contributed by atoms with E-state index in [1.165, 1.54) is 18.7 Å². The Balaban J connectivity index is 2.11. The van der Waals surface area contributed by atoms with Gasteiger partial charge in [0, 0.05) is 30.8 Å². The fourth-order valence-corrected chi connectivity index (χ4v) is 3.93. The molecule has 0 fully saturated rings. The van der Waals surface area contributed by atoms with Crippen LogP contribution >= 0.6 is 11.8 Å². The lowest BCUT2D eigenvalue weighted by Crippen LogP contribution is -2.34. The smallest absolute Gasteiger partial charge is 0.334 e. The molecule has 0 saturated carbocycles. The number of rotatable bonds is 3. The first-order valence-electron chi connectivity index (χ1n) is 7.54. The molecular formula is C18H17NO4S. The van der Waals surface area contributed by atoms with Crippen LogP contribution in [0.5, 0.6) is 0 Å². The zero-order valence-corrected chi connectivity index (χ0v) is 14.0. The van der Waals surface area contributed by atoms with Gasteiger partial charge in [0.15, 0.2) is 0 Å². The summed E-state index contributed by atoms with van der Waals surface area (Å²) < 4.78 is 5.29. The van der Waals surface area contributed by atoms with Crippen molar-refractivity contribution >= 4 is 29.4 Å². The minimum atomic E-state index is -1.10. The quantitative estimate of drug-likeness (QED) is 0.850. The molecule has 1 aliphatic heterocycles. The van der Waals surface area contributed by atoms with Gasteiger partial charge >= 0.3 is 5.97 Å². The average molecular weight is 343 g/mol. The summed E-state index contributed by atoms with van der Waals surface area (Å²) in [5.41, 5.74) is 3.13. The highest BCUT2D eigenvalue weighted by molar-refractivity contribution is 7.98. The summed E-state index contributed by atoms with van der Waals surface area (Å²) in [5, 5.41) is 9.31. The zero-order valence-electron chi connectivity index (χ0n) is 13.2. The van der Waals surface area contributed by atoms with E-state index in [1.807, 2.05) is 35.9 Å². The van der Waals surface area contributed by atoms with Gasteiger partial charge < -0.3 is 14.7 Å². The summed E-state index contributed by atoms with van der Waals surface area (Å²) in [6.45, 7) is 0.728. The molecule has 1 aromatic carbocycles. The number of fused-ring (bicyclic) bond motifs is 1. The van der Waals surface area contributed by atoms with Crippen LogP contribution in [0.2, 0.25) is 0 Å². The van der Waals surface area contributed by atoms with Crippen LogP contribution in [0, 0.1) is 0 Å². The summed E-state index contributed by atoms with van der Waals surface area (Å²) in [7, 11) is 1.40. The van der Waals surface area contributed by atoms with Crippen molar-refractivity contribution in [2.24, 2.45) is 0 Å². The molecule has 5 nitrogen and oxygen atoms in total. The van der Waals surface area contributed by atoms with Crippen molar-refractivity contribution in [3.63, 3.8) is 0 Å². The Bertz CT molecular complexity index is 777. The largest absolute Gasteiger partial charge is 0.478 e. The Hall–Kier alpha value is -2.27. The number of ether oxygens (including phenoxy) is 1. The molecule has 1 atom stereocenters. The van der Waals surface area contributed by atoms with Gasteiger partial charge in [-0.25, -0.2) is 9.59 Å². The summed E-state index contributed by atoms with van der Waals surface area (Å²) in [4.78, 5) is 25.0. The monoisotopic (exact) mass is 343 g/mol. The molecule has 0 bridgehead atoms. The standard InChI is InChI=1S/C18H17NO4S/c1-23-17-13(18(21)22)6-7-16(14(17)10-20)19-8-9-24-11-12-4-2-3-5-15(12)19/h2-7,17H,8-9,11H2,1H3,(H,21,22). The molecule has 3 rings (SSSR count). The van der Waals surface area contributed by atoms with Gasteiger partial charge in [0.05, 0.1) is 16.8 Å². The number of aliphatic carboxylic acids is 1.